The summed E-state index contributed by atoms with van der Waals surface area (Å²) >= 11 is 0. The fourth-order valence-corrected chi connectivity index (χ4v) is 5.36. The lowest BCUT2D eigenvalue weighted by Crippen LogP contribution is -2.48. The van der Waals surface area contributed by atoms with Gasteiger partial charge in [0, 0.05) is 11.5 Å². The van der Waals surface area contributed by atoms with Gasteiger partial charge in [0.15, 0.2) is 0 Å². The van der Waals surface area contributed by atoms with Crippen LogP contribution in [0, 0.1) is 0 Å². The summed E-state index contributed by atoms with van der Waals surface area (Å²) in [7, 11) is -8.58. The van der Waals surface area contributed by atoms with Crippen LogP contribution in [0.3, 0.4) is 0 Å². The fourth-order valence-electron chi connectivity index (χ4n) is 4.24. The molecule has 0 aromatic heterocycles. The molecule has 0 amide bonds. The van der Waals surface area contributed by atoms with E-state index in [0.29, 0.717) is 0 Å². The van der Waals surface area contributed by atoms with Gasteiger partial charge >= 0.3 is 0 Å². The molecule has 0 heterocycles. The van der Waals surface area contributed by atoms with Crippen molar-refractivity contribution in [1.29, 1.82) is 0 Å². The van der Waals surface area contributed by atoms with Gasteiger partial charge in [0.1, 0.15) is 0 Å². The zero-order chi connectivity index (χ0) is 28.7. The Morgan fingerprint density at radius 2 is 0.694 bits per heavy atom. The standard InChI is InChI=1S/2C11H26N.C4H10O6S2/c2*1-5-9-10-11-12(6-2,7-3)8-4;5-11(6,7)3-1-2-4-12(8,9)10/h2*5-11H2,1-4H3;1-4H2,(H,5,6,7)(H,8,9,10)/q2*+1;/p-2. The maximum atomic E-state index is 9.97. The van der Waals surface area contributed by atoms with Gasteiger partial charge in [0.2, 0.25) is 0 Å². The van der Waals surface area contributed by atoms with Crippen LogP contribution >= 0.6 is 0 Å². The molecule has 36 heavy (non-hydrogen) atoms. The van der Waals surface area contributed by atoms with E-state index < -0.39 is 31.7 Å². The highest BCUT2D eigenvalue weighted by Crippen LogP contribution is 2.10. The van der Waals surface area contributed by atoms with Crippen LogP contribution in [0.5, 0.6) is 0 Å². The monoisotopic (exact) mass is 560 g/mol. The summed E-state index contributed by atoms with van der Waals surface area (Å²) in [5.41, 5.74) is 0. The predicted octanol–water partition coefficient (Wildman–Crippen LogP) is 4.96. The molecule has 0 saturated heterocycles. The first-order valence-electron chi connectivity index (χ1n) is 14.3. The van der Waals surface area contributed by atoms with Crippen LogP contribution < -0.4 is 0 Å². The first-order chi connectivity index (χ1) is 16.7. The zero-order valence-corrected chi connectivity index (χ0v) is 26.5. The molecule has 0 aliphatic heterocycles. The SMILES string of the molecule is CCCCC[N+](CC)(CC)CC.CCCCC[N+](CC)(CC)CC.O=S(=O)([O-])CCCCS(=O)(=O)[O-]. The number of hydrogen-bond acceptors (Lipinski definition) is 6. The van der Waals surface area contributed by atoms with Gasteiger partial charge in [-0.3, -0.25) is 0 Å². The predicted molar refractivity (Wildman–Crippen MR) is 151 cm³/mol. The summed E-state index contributed by atoms with van der Waals surface area (Å²) < 4.78 is 62.5. The van der Waals surface area contributed by atoms with E-state index in [-0.39, 0.29) is 12.8 Å². The molecule has 0 bridgehead atoms. The third-order valence-electron chi connectivity index (χ3n) is 7.54. The molecule has 0 aromatic carbocycles. The molecule has 0 atom stereocenters. The van der Waals surface area contributed by atoms with Crippen molar-refractivity contribution in [2.75, 3.05) is 63.9 Å². The van der Waals surface area contributed by atoms with Crippen LogP contribution in [0.2, 0.25) is 0 Å². The first-order valence-corrected chi connectivity index (χ1v) is 17.4. The first kappa shape index (κ1) is 40.2. The van der Waals surface area contributed by atoms with Crippen molar-refractivity contribution in [2.45, 2.75) is 107 Å². The van der Waals surface area contributed by atoms with E-state index in [1.54, 1.807) is 0 Å². The van der Waals surface area contributed by atoms with Gasteiger partial charge in [-0.25, -0.2) is 16.8 Å². The van der Waals surface area contributed by atoms with Gasteiger partial charge in [-0.1, -0.05) is 26.7 Å². The highest BCUT2D eigenvalue weighted by Gasteiger charge is 2.19. The van der Waals surface area contributed by atoms with Crippen molar-refractivity contribution in [3.63, 3.8) is 0 Å². The summed E-state index contributed by atoms with van der Waals surface area (Å²) in [6, 6.07) is 0. The Labute approximate surface area is 225 Å². The second-order valence-electron chi connectivity index (χ2n) is 9.67. The highest BCUT2D eigenvalue weighted by molar-refractivity contribution is 7.86. The van der Waals surface area contributed by atoms with Crippen molar-refractivity contribution >= 4 is 20.2 Å². The minimum Gasteiger partial charge on any atom is -0.748 e. The average molecular weight is 561 g/mol. The van der Waals surface area contributed by atoms with Crippen LogP contribution in [0.1, 0.15) is 107 Å². The molecule has 0 unspecified atom stereocenters. The van der Waals surface area contributed by atoms with Crippen LogP contribution in [-0.4, -0.2) is 98.8 Å². The van der Waals surface area contributed by atoms with Crippen molar-refractivity contribution in [1.82, 2.24) is 0 Å². The summed E-state index contributed by atoms with van der Waals surface area (Å²) in [6.45, 7) is 29.0. The lowest BCUT2D eigenvalue weighted by Gasteiger charge is -2.35. The van der Waals surface area contributed by atoms with Crippen molar-refractivity contribution < 1.29 is 34.9 Å². The minimum absolute atomic E-state index is 0.0900. The van der Waals surface area contributed by atoms with Gasteiger partial charge in [-0.05, 0) is 80.1 Å². The van der Waals surface area contributed by atoms with E-state index in [2.05, 4.69) is 55.4 Å². The Kier molecular flexibility index (Phi) is 25.4. The highest BCUT2D eigenvalue weighted by atomic mass is 32.2. The average Bonchev–Trinajstić information content (AvgIpc) is 2.83. The van der Waals surface area contributed by atoms with Crippen LogP contribution in [-0.2, 0) is 20.2 Å². The molecule has 8 nitrogen and oxygen atoms in total. The molecular formula is C26H60N2O6S2. The van der Waals surface area contributed by atoms with E-state index in [1.165, 1.54) is 99.8 Å². The molecule has 0 rings (SSSR count). The summed E-state index contributed by atoms with van der Waals surface area (Å²) in [6.07, 6.45) is 8.13. The summed E-state index contributed by atoms with van der Waals surface area (Å²) in [4.78, 5) is 0. The summed E-state index contributed by atoms with van der Waals surface area (Å²) in [5.74, 6) is -1.24. The van der Waals surface area contributed by atoms with Gasteiger partial charge in [-0.2, -0.15) is 0 Å². The number of nitrogens with zero attached hydrogens (tertiary/aromatic N) is 2. The number of rotatable bonds is 19. The Bertz CT molecular complexity index is 613. The summed E-state index contributed by atoms with van der Waals surface area (Å²) in [5, 5.41) is 0. The van der Waals surface area contributed by atoms with Crippen LogP contribution in [0.4, 0.5) is 0 Å². The Hall–Kier alpha value is -0.260. The lowest BCUT2D eigenvalue weighted by atomic mass is 10.2. The second-order valence-corrected chi connectivity index (χ2v) is 12.7. The molecule has 10 heteroatoms. The van der Waals surface area contributed by atoms with Crippen molar-refractivity contribution in [2.24, 2.45) is 0 Å². The number of quaternary nitrogens is 2. The normalized spacial score (nSPS) is 12.4. The smallest absolute Gasteiger partial charge is 0.0945 e. The molecule has 0 spiro atoms. The molecule has 222 valence electrons. The van der Waals surface area contributed by atoms with E-state index in [4.69, 9.17) is 0 Å². The molecule has 0 saturated carbocycles. The Balaban J connectivity index is -0.000000454. The van der Waals surface area contributed by atoms with Gasteiger partial charge in [0.05, 0.1) is 72.6 Å². The Morgan fingerprint density at radius 1 is 0.444 bits per heavy atom. The Morgan fingerprint density at radius 3 is 0.861 bits per heavy atom. The molecular weight excluding hydrogens is 500 g/mol. The topological polar surface area (TPSA) is 114 Å². The van der Waals surface area contributed by atoms with Crippen molar-refractivity contribution in [3.8, 4) is 0 Å². The number of hydrogen-bond donors (Lipinski definition) is 0. The maximum Gasteiger partial charge on any atom is 0.0945 e. The third kappa shape index (κ3) is 24.1. The van der Waals surface area contributed by atoms with Gasteiger partial charge < -0.3 is 18.1 Å². The zero-order valence-electron chi connectivity index (χ0n) is 24.9. The lowest BCUT2D eigenvalue weighted by molar-refractivity contribution is -0.923. The second kappa shape index (κ2) is 22.7. The minimum atomic E-state index is -4.29. The molecule has 0 fully saturated rings. The molecule has 0 aliphatic carbocycles. The maximum absolute atomic E-state index is 9.97. The largest absolute Gasteiger partial charge is 0.748 e. The van der Waals surface area contributed by atoms with Crippen LogP contribution in [0.15, 0.2) is 0 Å². The molecule has 0 aromatic rings. The molecule has 0 aliphatic rings. The molecule has 0 radical (unpaired) electrons. The van der Waals surface area contributed by atoms with Crippen molar-refractivity contribution in [3.05, 3.63) is 0 Å². The van der Waals surface area contributed by atoms with Gasteiger partial charge in [0.25, 0.3) is 0 Å². The number of unbranched alkanes of at least 4 members (excludes halogenated alkanes) is 5. The third-order valence-corrected chi connectivity index (χ3v) is 9.11. The van der Waals surface area contributed by atoms with Gasteiger partial charge in [-0.15, -0.1) is 0 Å². The van der Waals surface area contributed by atoms with E-state index in [9.17, 15) is 25.9 Å². The quantitative estimate of drug-likeness (QED) is 0.125. The molecule has 0 N–H and O–H groups in total. The van der Waals surface area contributed by atoms with E-state index in [0.717, 1.165) is 0 Å². The fraction of sp³-hybridized carbons (Fsp3) is 1.00. The van der Waals surface area contributed by atoms with E-state index in [1.807, 2.05) is 0 Å². The van der Waals surface area contributed by atoms with Crippen LogP contribution in [0.25, 0.3) is 0 Å². The van der Waals surface area contributed by atoms with E-state index >= 15 is 0 Å².